The highest BCUT2D eigenvalue weighted by molar-refractivity contribution is 5.86. The molecular formula is C9H17N3O3. The van der Waals surface area contributed by atoms with E-state index < -0.39 is 12.0 Å². The minimum Gasteiger partial charge on any atom is -0.383 e. The highest BCUT2D eigenvalue weighted by Crippen LogP contribution is 2.03. The first-order valence-corrected chi connectivity index (χ1v) is 4.94. The van der Waals surface area contributed by atoms with Crippen LogP contribution in [0.4, 0.5) is 0 Å². The van der Waals surface area contributed by atoms with Crippen molar-refractivity contribution in [2.75, 3.05) is 33.2 Å². The minimum absolute atomic E-state index is 0.209. The molecule has 0 aromatic heterocycles. The largest absolute Gasteiger partial charge is 0.383 e. The molecule has 0 aromatic carbocycles. The molecule has 1 fully saturated rings. The molecule has 6 heteroatoms. The number of carbonyl (C=O) groups excluding carboxylic acids is 2. The molecule has 15 heavy (non-hydrogen) atoms. The summed E-state index contributed by atoms with van der Waals surface area (Å²) >= 11 is 0. The Bertz CT molecular complexity index is 249. The summed E-state index contributed by atoms with van der Waals surface area (Å²) in [5, 5.41) is 9.15. The minimum atomic E-state index is -1.36. The van der Waals surface area contributed by atoms with Crippen molar-refractivity contribution in [1.82, 2.24) is 9.80 Å². The fourth-order valence-electron chi connectivity index (χ4n) is 1.45. The third-order valence-electron chi connectivity index (χ3n) is 2.55. The van der Waals surface area contributed by atoms with Crippen molar-refractivity contribution in [1.29, 1.82) is 0 Å². The van der Waals surface area contributed by atoms with Crippen molar-refractivity contribution >= 4 is 11.8 Å². The van der Waals surface area contributed by atoms with Crippen molar-refractivity contribution in [2.45, 2.75) is 12.5 Å². The fourth-order valence-corrected chi connectivity index (χ4v) is 1.45. The van der Waals surface area contributed by atoms with Crippen LogP contribution in [0.5, 0.6) is 0 Å². The number of nitrogens with two attached hydrogens (primary N) is 1. The second kappa shape index (κ2) is 5.09. The molecule has 1 heterocycles. The van der Waals surface area contributed by atoms with E-state index in [1.165, 1.54) is 0 Å². The van der Waals surface area contributed by atoms with Gasteiger partial charge >= 0.3 is 0 Å². The van der Waals surface area contributed by atoms with Gasteiger partial charge in [-0.3, -0.25) is 9.59 Å². The summed E-state index contributed by atoms with van der Waals surface area (Å²) in [5.41, 5.74) is 4.87. The van der Waals surface area contributed by atoms with Crippen LogP contribution in [-0.2, 0) is 9.59 Å². The van der Waals surface area contributed by atoms with Crippen molar-refractivity contribution < 1.29 is 14.7 Å². The summed E-state index contributed by atoms with van der Waals surface area (Å²) in [7, 11) is 1.99. The second-order valence-corrected chi connectivity index (χ2v) is 3.81. The first kappa shape index (κ1) is 11.9. The van der Waals surface area contributed by atoms with Crippen LogP contribution in [0.2, 0.25) is 0 Å². The van der Waals surface area contributed by atoms with Crippen molar-refractivity contribution in [3.8, 4) is 0 Å². The third kappa shape index (κ3) is 3.49. The number of amides is 2. The first-order valence-electron chi connectivity index (χ1n) is 4.94. The van der Waals surface area contributed by atoms with Crippen LogP contribution >= 0.6 is 0 Å². The molecule has 1 rings (SSSR count). The molecular weight excluding hydrogens is 198 g/mol. The smallest absolute Gasteiger partial charge is 0.246 e. The highest BCUT2D eigenvalue weighted by Gasteiger charge is 2.23. The number of piperazine rings is 1. The van der Waals surface area contributed by atoms with Gasteiger partial charge in [-0.1, -0.05) is 0 Å². The predicted octanol–water partition coefficient (Wildman–Crippen LogP) is -2.00. The molecule has 1 unspecified atom stereocenters. The van der Waals surface area contributed by atoms with E-state index in [9.17, 15) is 9.59 Å². The van der Waals surface area contributed by atoms with Gasteiger partial charge in [-0.15, -0.1) is 0 Å². The summed E-state index contributed by atoms with van der Waals surface area (Å²) in [6.07, 6.45) is -1.57. The molecule has 2 amide bonds. The van der Waals surface area contributed by atoms with Crippen molar-refractivity contribution in [3.63, 3.8) is 0 Å². The number of hydrogen-bond donors (Lipinski definition) is 2. The Labute approximate surface area is 88.6 Å². The number of carbonyl (C=O) groups is 2. The summed E-state index contributed by atoms with van der Waals surface area (Å²) in [6, 6.07) is 0. The molecule has 1 atom stereocenters. The zero-order chi connectivity index (χ0) is 11.4. The number of nitrogens with zero attached hydrogens (tertiary/aromatic N) is 2. The van der Waals surface area contributed by atoms with E-state index in [0.29, 0.717) is 13.1 Å². The third-order valence-corrected chi connectivity index (χ3v) is 2.55. The average Bonchev–Trinajstić information content (AvgIpc) is 2.18. The quantitative estimate of drug-likeness (QED) is 0.570. The van der Waals surface area contributed by atoms with Gasteiger partial charge in [0.15, 0.2) is 0 Å². The van der Waals surface area contributed by atoms with E-state index in [4.69, 9.17) is 10.8 Å². The van der Waals surface area contributed by atoms with Gasteiger partial charge in [-0.25, -0.2) is 0 Å². The van der Waals surface area contributed by atoms with Crippen LogP contribution in [-0.4, -0.2) is 66.1 Å². The Hall–Kier alpha value is -1.14. The molecule has 0 bridgehead atoms. The van der Waals surface area contributed by atoms with E-state index in [1.54, 1.807) is 4.90 Å². The molecule has 1 aliphatic heterocycles. The number of aliphatic hydroxyl groups is 1. The van der Waals surface area contributed by atoms with Gasteiger partial charge in [-0.05, 0) is 7.05 Å². The molecule has 0 aromatic rings. The maximum Gasteiger partial charge on any atom is 0.246 e. The Kier molecular flexibility index (Phi) is 4.05. The summed E-state index contributed by atoms with van der Waals surface area (Å²) < 4.78 is 0. The monoisotopic (exact) mass is 215 g/mol. The van der Waals surface area contributed by atoms with Gasteiger partial charge in [0.2, 0.25) is 11.8 Å². The van der Waals surface area contributed by atoms with Gasteiger partial charge in [0.1, 0.15) is 6.10 Å². The molecule has 3 N–H and O–H groups in total. The standard InChI is InChI=1S/C9H17N3O3/c1-11-2-4-12(5-3-11)8(14)6-7(13)9(10)15/h7,13H,2-6H2,1H3,(H2,10,15). The van der Waals surface area contributed by atoms with Gasteiger partial charge in [-0.2, -0.15) is 0 Å². The van der Waals surface area contributed by atoms with Crippen LogP contribution < -0.4 is 5.73 Å². The second-order valence-electron chi connectivity index (χ2n) is 3.81. The molecule has 0 saturated carbocycles. The lowest BCUT2D eigenvalue weighted by Crippen LogP contribution is -2.48. The SMILES string of the molecule is CN1CCN(C(=O)CC(O)C(N)=O)CC1. The van der Waals surface area contributed by atoms with Crippen LogP contribution in [0, 0.1) is 0 Å². The number of hydrogen-bond acceptors (Lipinski definition) is 4. The molecule has 0 aliphatic carbocycles. The molecule has 1 saturated heterocycles. The maximum atomic E-state index is 11.6. The summed E-state index contributed by atoms with van der Waals surface area (Å²) in [4.78, 5) is 25.9. The molecule has 86 valence electrons. The fraction of sp³-hybridized carbons (Fsp3) is 0.778. The summed E-state index contributed by atoms with van der Waals surface area (Å²) in [6.45, 7) is 2.92. The van der Waals surface area contributed by atoms with E-state index in [0.717, 1.165) is 13.1 Å². The van der Waals surface area contributed by atoms with Gasteiger partial charge in [0, 0.05) is 26.2 Å². The Balaban J connectivity index is 2.37. The van der Waals surface area contributed by atoms with Crippen LogP contribution in [0.1, 0.15) is 6.42 Å². The zero-order valence-corrected chi connectivity index (χ0v) is 8.85. The lowest BCUT2D eigenvalue weighted by atomic mass is 10.2. The lowest BCUT2D eigenvalue weighted by molar-refractivity contribution is -0.139. The van der Waals surface area contributed by atoms with E-state index in [1.807, 2.05) is 7.05 Å². The van der Waals surface area contributed by atoms with Crippen LogP contribution in [0.25, 0.3) is 0 Å². The zero-order valence-electron chi connectivity index (χ0n) is 8.85. The Morgan fingerprint density at radius 1 is 1.33 bits per heavy atom. The van der Waals surface area contributed by atoms with E-state index in [2.05, 4.69) is 4.90 Å². The Morgan fingerprint density at radius 3 is 2.33 bits per heavy atom. The first-order chi connectivity index (χ1) is 7.00. The van der Waals surface area contributed by atoms with E-state index in [-0.39, 0.29) is 12.3 Å². The molecule has 0 spiro atoms. The van der Waals surface area contributed by atoms with Crippen LogP contribution in [0.3, 0.4) is 0 Å². The maximum absolute atomic E-state index is 11.6. The molecule has 1 aliphatic rings. The lowest BCUT2D eigenvalue weighted by Gasteiger charge is -2.32. The van der Waals surface area contributed by atoms with Gasteiger partial charge in [0.05, 0.1) is 6.42 Å². The van der Waals surface area contributed by atoms with Gasteiger partial charge < -0.3 is 20.6 Å². The topological polar surface area (TPSA) is 86.9 Å². The predicted molar refractivity (Wildman–Crippen MR) is 53.9 cm³/mol. The molecule has 0 radical (unpaired) electrons. The number of primary amides is 1. The van der Waals surface area contributed by atoms with E-state index >= 15 is 0 Å². The van der Waals surface area contributed by atoms with Gasteiger partial charge in [0.25, 0.3) is 0 Å². The average molecular weight is 215 g/mol. The van der Waals surface area contributed by atoms with Crippen molar-refractivity contribution in [2.24, 2.45) is 5.73 Å². The normalized spacial score (nSPS) is 20.0. The van der Waals surface area contributed by atoms with Crippen LogP contribution in [0.15, 0.2) is 0 Å². The highest BCUT2D eigenvalue weighted by atomic mass is 16.3. The number of likely N-dealkylation sites (N-methyl/N-ethyl adjacent to an activating group) is 1. The summed E-state index contributed by atoms with van der Waals surface area (Å²) in [5.74, 6) is -1.06. The van der Waals surface area contributed by atoms with Crippen molar-refractivity contribution in [3.05, 3.63) is 0 Å². The molecule has 6 nitrogen and oxygen atoms in total. The number of rotatable bonds is 3. The Morgan fingerprint density at radius 2 is 1.87 bits per heavy atom. The number of aliphatic hydroxyl groups excluding tert-OH is 1.